The highest BCUT2D eigenvalue weighted by molar-refractivity contribution is 5.97. The second kappa shape index (κ2) is 12.8. The Balaban J connectivity index is 1.57. The van der Waals surface area contributed by atoms with E-state index in [4.69, 9.17) is 4.74 Å². The minimum Gasteiger partial charge on any atom is -0.490 e. The predicted octanol–water partition coefficient (Wildman–Crippen LogP) is 4.44. The maximum absolute atomic E-state index is 13.4. The van der Waals surface area contributed by atoms with Crippen LogP contribution in [0.25, 0.3) is 10.9 Å². The van der Waals surface area contributed by atoms with Crippen LogP contribution in [0, 0.1) is 11.8 Å². The number of aliphatic hydroxyl groups excluding tert-OH is 1. The van der Waals surface area contributed by atoms with Gasteiger partial charge >= 0.3 is 0 Å². The number of hydrogen-bond acceptors (Lipinski definition) is 4. The molecule has 0 saturated heterocycles. The summed E-state index contributed by atoms with van der Waals surface area (Å²) in [5.74, 6) is 6.10. The predicted molar refractivity (Wildman–Crippen MR) is 153 cm³/mol. The van der Waals surface area contributed by atoms with Gasteiger partial charge in [-0.3, -0.25) is 9.59 Å². The molecule has 0 saturated carbocycles. The third-order valence-corrected chi connectivity index (χ3v) is 6.10. The number of rotatable bonds is 9. The normalized spacial score (nSPS) is 11.5. The molecule has 2 amide bonds. The summed E-state index contributed by atoms with van der Waals surface area (Å²) in [5.41, 5.74) is 4.20. The van der Waals surface area contributed by atoms with Crippen LogP contribution in [0.2, 0.25) is 0 Å². The third kappa shape index (κ3) is 7.07. The number of nitrogens with one attached hydrogen (secondary N) is 3. The Kier molecular flexibility index (Phi) is 9.03. The van der Waals surface area contributed by atoms with Gasteiger partial charge in [-0.15, -0.1) is 0 Å². The van der Waals surface area contributed by atoms with Crippen molar-refractivity contribution in [3.05, 3.63) is 101 Å². The average molecular weight is 524 g/mol. The minimum absolute atomic E-state index is 0.134. The van der Waals surface area contributed by atoms with Gasteiger partial charge in [0.25, 0.3) is 11.8 Å². The van der Waals surface area contributed by atoms with Gasteiger partial charge in [-0.2, -0.15) is 0 Å². The second-order valence-electron chi connectivity index (χ2n) is 9.48. The van der Waals surface area contributed by atoms with E-state index in [9.17, 15) is 14.7 Å². The minimum atomic E-state index is -0.490. The van der Waals surface area contributed by atoms with Crippen molar-refractivity contribution in [3.8, 4) is 17.6 Å². The van der Waals surface area contributed by atoms with Crippen molar-refractivity contribution in [2.75, 3.05) is 13.2 Å². The summed E-state index contributed by atoms with van der Waals surface area (Å²) >= 11 is 0. The Morgan fingerprint density at radius 1 is 0.974 bits per heavy atom. The van der Waals surface area contributed by atoms with Crippen LogP contribution in [0.4, 0.5) is 0 Å². The van der Waals surface area contributed by atoms with Crippen LogP contribution in [-0.4, -0.2) is 47.2 Å². The number of ether oxygens (including phenoxy) is 1. The zero-order chi connectivity index (χ0) is 27.8. The van der Waals surface area contributed by atoms with E-state index >= 15 is 0 Å². The van der Waals surface area contributed by atoms with E-state index in [1.165, 1.54) is 0 Å². The fourth-order valence-electron chi connectivity index (χ4n) is 4.28. The van der Waals surface area contributed by atoms with E-state index in [-0.39, 0.29) is 24.5 Å². The number of H-pyrrole nitrogens is 1. The molecule has 1 atom stereocenters. The van der Waals surface area contributed by atoms with Crippen molar-refractivity contribution in [2.24, 2.45) is 0 Å². The summed E-state index contributed by atoms with van der Waals surface area (Å²) in [7, 11) is 0. The number of carbonyl (C=O) groups excluding carboxylic acids is 2. The van der Waals surface area contributed by atoms with Crippen molar-refractivity contribution in [2.45, 2.75) is 39.3 Å². The first-order valence-electron chi connectivity index (χ1n) is 13.1. The molecule has 3 aromatic carbocycles. The number of aromatic nitrogens is 1. The van der Waals surface area contributed by atoms with Crippen LogP contribution in [0.1, 0.15) is 58.2 Å². The van der Waals surface area contributed by atoms with Crippen LogP contribution in [0.3, 0.4) is 0 Å². The molecule has 0 aliphatic rings. The van der Waals surface area contributed by atoms with E-state index in [1.807, 2.05) is 57.3 Å². The number of aromatic amines is 1. The van der Waals surface area contributed by atoms with E-state index < -0.39 is 6.04 Å². The van der Waals surface area contributed by atoms with E-state index in [0.717, 1.165) is 16.5 Å². The molecule has 1 unspecified atom stereocenters. The number of carbonyl (C=O) groups is 2. The Hall–Kier alpha value is -4.54. The molecule has 0 aliphatic carbocycles. The molecule has 0 fully saturated rings. The molecule has 0 radical (unpaired) electrons. The Labute approximate surface area is 228 Å². The number of hydrogen-bond donors (Lipinski definition) is 4. The van der Waals surface area contributed by atoms with Gasteiger partial charge in [-0.25, -0.2) is 0 Å². The molecule has 0 aliphatic heterocycles. The third-order valence-electron chi connectivity index (χ3n) is 6.10. The van der Waals surface area contributed by atoms with Crippen LogP contribution in [-0.2, 0) is 6.42 Å². The molecule has 1 heterocycles. The SMILES string of the molecule is CCNC(=O)c1cccc(C#Cc2ccc(OC(C)C)c(C(=O)NC(CO)Cc3c[nH]c4ccccc34)c2)c1. The first kappa shape index (κ1) is 27.5. The number of aliphatic hydroxyl groups is 1. The highest BCUT2D eigenvalue weighted by Gasteiger charge is 2.19. The van der Waals surface area contributed by atoms with E-state index in [1.54, 1.807) is 36.4 Å². The maximum Gasteiger partial charge on any atom is 0.255 e. The highest BCUT2D eigenvalue weighted by Crippen LogP contribution is 2.23. The van der Waals surface area contributed by atoms with Gasteiger partial charge in [-0.1, -0.05) is 36.1 Å². The van der Waals surface area contributed by atoms with Crippen LogP contribution < -0.4 is 15.4 Å². The summed E-state index contributed by atoms with van der Waals surface area (Å²) in [6, 6.07) is 19.7. The molecular formula is C32H33N3O4. The van der Waals surface area contributed by atoms with Gasteiger partial charge in [0.05, 0.1) is 24.3 Å². The fraction of sp³-hybridized carbons (Fsp3) is 0.250. The van der Waals surface area contributed by atoms with Gasteiger partial charge in [0.1, 0.15) is 5.75 Å². The lowest BCUT2D eigenvalue weighted by Gasteiger charge is -2.19. The highest BCUT2D eigenvalue weighted by atomic mass is 16.5. The Bertz CT molecular complexity index is 1530. The first-order valence-corrected chi connectivity index (χ1v) is 13.1. The average Bonchev–Trinajstić information content (AvgIpc) is 3.34. The fourth-order valence-corrected chi connectivity index (χ4v) is 4.28. The zero-order valence-corrected chi connectivity index (χ0v) is 22.4. The van der Waals surface area contributed by atoms with Crippen molar-refractivity contribution in [1.29, 1.82) is 0 Å². The number of benzene rings is 3. The molecule has 0 bridgehead atoms. The molecule has 4 rings (SSSR count). The van der Waals surface area contributed by atoms with E-state index in [0.29, 0.717) is 41.0 Å². The summed E-state index contributed by atoms with van der Waals surface area (Å²) in [5, 5.41) is 16.9. The molecule has 7 nitrogen and oxygen atoms in total. The summed E-state index contributed by atoms with van der Waals surface area (Å²) in [4.78, 5) is 28.8. The van der Waals surface area contributed by atoms with Crippen molar-refractivity contribution >= 4 is 22.7 Å². The van der Waals surface area contributed by atoms with Gasteiger partial charge in [0, 0.05) is 40.3 Å². The molecule has 4 aromatic rings. The maximum atomic E-state index is 13.4. The quantitative estimate of drug-likeness (QED) is 0.244. The van der Waals surface area contributed by atoms with Crippen molar-refractivity contribution in [3.63, 3.8) is 0 Å². The topological polar surface area (TPSA) is 103 Å². The molecule has 39 heavy (non-hydrogen) atoms. The number of amides is 2. The van der Waals surface area contributed by atoms with Crippen LogP contribution in [0.5, 0.6) is 5.75 Å². The van der Waals surface area contributed by atoms with Gasteiger partial charge in [0.2, 0.25) is 0 Å². The first-order chi connectivity index (χ1) is 18.9. The zero-order valence-electron chi connectivity index (χ0n) is 22.4. The largest absolute Gasteiger partial charge is 0.490 e. The molecule has 1 aromatic heterocycles. The summed E-state index contributed by atoms with van der Waals surface area (Å²) < 4.78 is 5.91. The van der Waals surface area contributed by atoms with Crippen LogP contribution >= 0.6 is 0 Å². The second-order valence-corrected chi connectivity index (χ2v) is 9.48. The molecule has 0 spiro atoms. The smallest absolute Gasteiger partial charge is 0.255 e. The molecular weight excluding hydrogens is 490 g/mol. The Morgan fingerprint density at radius 3 is 2.49 bits per heavy atom. The lowest BCUT2D eigenvalue weighted by molar-refractivity contribution is 0.0909. The van der Waals surface area contributed by atoms with Crippen LogP contribution in [0.15, 0.2) is 72.9 Å². The summed E-state index contributed by atoms with van der Waals surface area (Å²) in [6.07, 6.45) is 2.24. The summed E-state index contributed by atoms with van der Waals surface area (Å²) in [6.45, 7) is 5.98. The van der Waals surface area contributed by atoms with Crippen molar-refractivity contribution < 1.29 is 19.4 Å². The monoisotopic (exact) mass is 523 g/mol. The molecule has 7 heteroatoms. The molecule has 200 valence electrons. The number of fused-ring (bicyclic) bond motifs is 1. The lowest BCUT2D eigenvalue weighted by atomic mass is 10.0. The van der Waals surface area contributed by atoms with Gasteiger partial charge in [-0.05, 0) is 75.2 Å². The van der Waals surface area contributed by atoms with Gasteiger partial charge < -0.3 is 25.5 Å². The molecule has 4 N–H and O–H groups in total. The number of para-hydroxylation sites is 1. The van der Waals surface area contributed by atoms with E-state index in [2.05, 4.69) is 27.5 Å². The lowest BCUT2D eigenvalue weighted by Crippen LogP contribution is -2.39. The van der Waals surface area contributed by atoms with Gasteiger partial charge in [0.15, 0.2) is 0 Å². The standard InChI is InChI=1S/C32H33N3O4/c1-4-33-31(37)24-9-7-8-22(16-24)12-13-23-14-15-30(39-21(2)3)28(17-23)32(38)35-26(20-36)18-25-19-34-29-11-6-5-10-27(25)29/h5-11,14-17,19,21,26,34,36H,4,18,20H2,1-3H3,(H,33,37)(H,35,38). The van der Waals surface area contributed by atoms with Crippen molar-refractivity contribution in [1.82, 2.24) is 15.6 Å². The Morgan fingerprint density at radius 2 is 1.74 bits per heavy atom.